The van der Waals surface area contributed by atoms with E-state index in [1.54, 1.807) is 11.1 Å². The third-order valence-electron chi connectivity index (χ3n) is 8.06. The maximum Gasteiger partial charge on any atom is 0.00190 e. The molecule has 3 aromatic rings. The third-order valence-corrected chi connectivity index (χ3v) is 8.06. The Balaban J connectivity index is 1.06. The molecule has 1 heterocycles. The molecule has 1 aliphatic heterocycles. The average molecular weight is 479 g/mol. The fraction of sp³-hybridized carbons (Fsp3) is 0.412. The molecular weight excluding hydrogens is 436 g/mol. The summed E-state index contributed by atoms with van der Waals surface area (Å²) in [6.07, 6.45) is 11.2. The molecule has 0 saturated carbocycles. The Bertz CT molecular complexity index is 1070. The molecule has 0 radical (unpaired) electrons. The maximum absolute atomic E-state index is 3.61. The molecule has 0 amide bonds. The van der Waals surface area contributed by atoms with E-state index >= 15 is 0 Å². The molecule has 2 heteroatoms. The van der Waals surface area contributed by atoms with Crippen molar-refractivity contribution in [1.29, 1.82) is 0 Å². The van der Waals surface area contributed by atoms with Crippen LogP contribution in [-0.4, -0.2) is 37.6 Å². The highest BCUT2D eigenvalue weighted by molar-refractivity contribution is 5.86. The standard InChI is InChI=1S/C34H42N2/c1(10-23-35-24-20-28-12-4-3-5-13-28)2-11-25-36-26-21-31(22-27-36)34-32-16-8-6-14-29(32)18-19-30-15-7-9-17-33(30)34/h3-9,12-17,35H,1-2,10-11,18-27H2. The van der Waals surface area contributed by atoms with Crippen LogP contribution < -0.4 is 5.32 Å². The van der Waals surface area contributed by atoms with Crippen LogP contribution in [0.25, 0.3) is 5.57 Å². The number of hydrogen-bond donors (Lipinski definition) is 1. The lowest BCUT2D eigenvalue weighted by molar-refractivity contribution is 0.251. The number of unbranched alkanes of at least 4 members (excludes halogenated alkanes) is 3. The molecule has 2 nitrogen and oxygen atoms in total. The Kier molecular flexibility index (Phi) is 9.05. The summed E-state index contributed by atoms with van der Waals surface area (Å²) >= 11 is 0. The van der Waals surface area contributed by atoms with Crippen molar-refractivity contribution in [3.63, 3.8) is 0 Å². The molecule has 36 heavy (non-hydrogen) atoms. The van der Waals surface area contributed by atoms with Crippen LogP contribution in [0.2, 0.25) is 0 Å². The van der Waals surface area contributed by atoms with Crippen molar-refractivity contribution in [3.8, 4) is 0 Å². The van der Waals surface area contributed by atoms with Gasteiger partial charge in [0.2, 0.25) is 0 Å². The lowest BCUT2D eigenvalue weighted by Gasteiger charge is -2.30. The van der Waals surface area contributed by atoms with Gasteiger partial charge in [-0.05, 0) is 98.0 Å². The number of likely N-dealkylation sites (tertiary alicyclic amines) is 1. The Hall–Kier alpha value is -2.68. The molecule has 1 saturated heterocycles. The molecule has 188 valence electrons. The van der Waals surface area contributed by atoms with Gasteiger partial charge in [0, 0.05) is 13.1 Å². The molecule has 0 atom stereocenters. The van der Waals surface area contributed by atoms with Gasteiger partial charge in [-0.2, -0.15) is 0 Å². The molecule has 0 spiro atoms. The highest BCUT2D eigenvalue weighted by atomic mass is 15.1. The summed E-state index contributed by atoms with van der Waals surface area (Å²) < 4.78 is 0. The first-order valence-electron chi connectivity index (χ1n) is 14.2. The lowest BCUT2D eigenvalue weighted by Crippen LogP contribution is -2.32. The van der Waals surface area contributed by atoms with Crippen LogP contribution in [-0.2, 0) is 19.3 Å². The van der Waals surface area contributed by atoms with Gasteiger partial charge < -0.3 is 10.2 Å². The first kappa shape index (κ1) is 25.0. The van der Waals surface area contributed by atoms with Crippen molar-refractivity contribution in [2.24, 2.45) is 0 Å². The zero-order valence-corrected chi connectivity index (χ0v) is 21.9. The molecule has 3 aromatic carbocycles. The van der Waals surface area contributed by atoms with E-state index < -0.39 is 0 Å². The summed E-state index contributed by atoms with van der Waals surface area (Å²) in [5, 5.41) is 3.61. The third kappa shape index (κ3) is 6.55. The normalized spacial score (nSPS) is 15.9. The molecule has 0 aromatic heterocycles. The molecular formula is C34H42N2. The molecule has 0 unspecified atom stereocenters. The summed E-state index contributed by atoms with van der Waals surface area (Å²) in [6, 6.07) is 29.1. The number of benzene rings is 3. The van der Waals surface area contributed by atoms with Gasteiger partial charge in [-0.25, -0.2) is 0 Å². The fourth-order valence-electron chi connectivity index (χ4n) is 6.00. The highest BCUT2D eigenvalue weighted by Gasteiger charge is 2.23. The molecule has 1 N–H and O–H groups in total. The van der Waals surface area contributed by atoms with Crippen molar-refractivity contribution in [3.05, 3.63) is 112 Å². The summed E-state index contributed by atoms with van der Waals surface area (Å²) in [7, 11) is 0. The average Bonchev–Trinajstić information content (AvgIpc) is 3.10. The predicted octanol–water partition coefficient (Wildman–Crippen LogP) is 7.08. The van der Waals surface area contributed by atoms with Crippen molar-refractivity contribution in [2.75, 3.05) is 32.7 Å². The smallest absolute Gasteiger partial charge is 0.00190 e. The number of nitrogens with one attached hydrogen (secondary N) is 1. The second-order valence-corrected chi connectivity index (χ2v) is 10.5. The maximum atomic E-state index is 3.61. The first-order valence-corrected chi connectivity index (χ1v) is 14.2. The number of piperidine rings is 1. The van der Waals surface area contributed by atoms with Gasteiger partial charge >= 0.3 is 0 Å². The van der Waals surface area contributed by atoms with Crippen molar-refractivity contribution in [2.45, 2.75) is 57.8 Å². The van der Waals surface area contributed by atoms with Crippen LogP contribution in [0.4, 0.5) is 0 Å². The zero-order valence-electron chi connectivity index (χ0n) is 21.9. The predicted molar refractivity (Wildman–Crippen MR) is 153 cm³/mol. The molecule has 1 aliphatic carbocycles. The Labute approximate surface area is 218 Å². The number of aryl methyl sites for hydroxylation is 2. The lowest BCUT2D eigenvalue weighted by atomic mass is 9.86. The summed E-state index contributed by atoms with van der Waals surface area (Å²) in [4.78, 5) is 2.71. The van der Waals surface area contributed by atoms with Gasteiger partial charge in [-0.3, -0.25) is 0 Å². The van der Waals surface area contributed by atoms with Gasteiger partial charge in [0.1, 0.15) is 0 Å². The molecule has 2 aliphatic rings. The number of rotatable bonds is 10. The van der Waals surface area contributed by atoms with Crippen molar-refractivity contribution < 1.29 is 0 Å². The Morgan fingerprint density at radius 3 is 1.89 bits per heavy atom. The summed E-state index contributed by atoms with van der Waals surface area (Å²) in [6.45, 7) is 5.92. The fourth-order valence-corrected chi connectivity index (χ4v) is 6.00. The van der Waals surface area contributed by atoms with E-state index in [1.165, 1.54) is 86.0 Å². The van der Waals surface area contributed by atoms with E-state index in [0.29, 0.717) is 0 Å². The summed E-state index contributed by atoms with van der Waals surface area (Å²) in [5.41, 5.74) is 10.7. The van der Waals surface area contributed by atoms with Gasteiger partial charge in [0.05, 0.1) is 0 Å². The molecule has 0 bridgehead atoms. The van der Waals surface area contributed by atoms with Gasteiger partial charge in [-0.1, -0.05) is 97.3 Å². The van der Waals surface area contributed by atoms with Crippen LogP contribution >= 0.6 is 0 Å². The minimum atomic E-state index is 1.09. The first-order chi connectivity index (χ1) is 17.9. The second-order valence-electron chi connectivity index (χ2n) is 10.5. The van der Waals surface area contributed by atoms with E-state index in [0.717, 1.165) is 32.4 Å². The van der Waals surface area contributed by atoms with E-state index in [4.69, 9.17) is 0 Å². The van der Waals surface area contributed by atoms with E-state index in [2.05, 4.69) is 89.1 Å². The van der Waals surface area contributed by atoms with Crippen LogP contribution in [0.1, 0.15) is 66.3 Å². The molecule has 1 fully saturated rings. The van der Waals surface area contributed by atoms with E-state index in [9.17, 15) is 0 Å². The van der Waals surface area contributed by atoms with E-state index in [1.807, 2.05) is 0 Å². The number of hydrogen-bond acceptors (Lipinski definition) is 2. The van der Waals surface area contributed by atoms with Crippen molar-refractivity contribution in [1.82, 2.24) is 10.2 Å². The van der Waals surface area contributed by atoms with Gasteiger partial charge in [0.25, 0.3) is 0 Å². The molecule has 5 rings (SSSR count). The van der Waals surface area contributed by atoms with Crippen molar-refractivity contribution >= 4 is 5.57 Å². The summed E-state index contributed by atoms with van der Waals surface area (Å²) in [5.74, 6) is 0. The zero-order chi connectivity index (χ0) is 24.4. The van der Waals surface area contributed by atoms with Gasteiger partial charge in [-0.15, -0.1) is 0 Å². The Morgan fingerprint density at radius 2 is 1.19 bits per heavy atom. The van der Waals surface area contributed by atoms with Crippen LogP contribution in [0.3, 0.4) is 0 Å². The topological polar surface area (TPSA) is 15.3 Å². The van der Waals surface area contributed by atoms with Crippen LogP contribution in [0.15, 0.2) is 84.4 Å². The van der Waals surface area contributed by atoms with Gasteiger partial charge in [0.15, 0.2) is 0 Å². The van der Waals surface area contributed by atoms with E-state index in [-0.39, 0.29) is 0 Å². The number of fused-ring (bicyclic) bond motifs is 2. The highest BCUT2D eigenvalue weighted by Crippen LogP contribution is 2.38. The minimum Gasteiger partial charge on any atom is -0.316 e. The second kappa shape index (κ2) is 13.0. The number of nitrogens with zero attached hydrogens (tertiary/aromatic N) is 1. The SMILES string of the molecule is c1ccc(CCNCCCCCCN2CCC(=C3c4ccccc4CCc4ccccc43)CC2)cc1. The monoisotopic (exact) mass is 478 g/mol. The largest absolute Gasteiger partial charge is 0.316 e. The Morgan fingerprint density at radius 1 is 0.583 bits per heavy atom. The minimum absolute atomic E-state index is 1.09. The van der Waals surface area contributed by atoms with Crippen LogP contribution in [0, 0.1) is 0 Å². The quantitative estimate of drug-likeness (QED) is 0.313. The van der Waals surface area contributed by atoms with Crippen LogP contribution in [0.5, 0.6) is 0 Å².